The highest BCUT2D eigenvalue weighted by Crippen LogP contribution is 2.32. The standard InChI is InChI=1S/C13H17NO/c1-9-3-4-11(7-9)13(15)12-8-14-6-5-10(12)2/h5-6,8-9,11H,3-4,7H2,1-2H3. The molecule has 0 saturated heterocycles. The second-order valence-corrected chi connectivity index (χ2v) is 4.67. The first-order chi connectivity index (χ1) is 7.18. The summed E-state index contributed by atoms with van der Waals surface area (Å²) < 4.78 is 0. The molecule has 1 aromatic rings. The third-order valence-electron chi connectivity index (χ3n) is 3.37. The number of nitrogens with zero attached hydrogens (tertiary/aromatic N) is 1. The number of aryl methyl sites for hydroxylation is 1. The molecule has 1 aliphatic rings. The van der Waals surface area contributed by atoms with E-state index < -0.39 is 0 Å². The molecule has 1 fully saturated rings. The van der Waals surface area contributed by atoms with Gasteiger partial charge in [0.15, 0.2) is 5.78 Å². The van der Waals surface area contributed by atoms with E-state index in [1.165, 1.54) is 6.42 Å². The third-order valence-corrected chi connectivity index (χ3v) is 3.37. The molecule has 0 aliphatic heterocycles. The monoisotopic (exact) mass is 203 g/mol. The van der Waals surface area contributed by atoms with Crippen LogP contribution in [-0.2, 0) is 0 Å². The van der Waals surface area contributed by atoms with Crippen molar-refractivity contribution in [1.29, 1.82) is 0 Å². The predicted octanol–water partition coefficient (Wildman–Crippen LogP) is 3.01. The zero-order valence-corrected chi connectivity index (χ0v) is 9.36. The Kier molecular flexibility index (Phi) is 2.85. The highest BCUT2D eigenvalue weighted by molar-refractivity contribution is 5.98. The Morgan fingerprint density at radius 3 is 2.87 bits per heavy atom. The topological polar surface area (TPSA) is 30.0 Å². The van der Waals surface area contributed by atoms with Crippen LogP contribution in [0.3, 0.4) is 0 Å². The number of aromatic nitrogens is 1. The first-order valence-corrected chi connectivity index (χ1v) is 5.63. The fourth-order valence-corrected chi connectivity index (χ4v) is 2.39. The maximum atomic E-state index is 12.2. The van der Waals surface area contributed by atoms with Gasteiger partial charge in [0, 0.05) is 23.9 Å². The van der Waals surface area contributed by atoms with E-state index >= 15 is 0 Å². The summed E-state index contributed by atoms with van der Waals surface area (Å²) in [6.45, 7) is 4.21. The maximum absolute atomic E-state index is 12.2. The Hall–Kier alpha value is -1.18. The van der Waals surface area contributed by atoms with Crippen molar-refractivity contribution in [1.82, 2.24) is 4.98 Å². The van der Waals surface area contributed by atoms with Crippen molar-refractivity contribution in [2.45, 2.75) is 33.1 Å². The van der Waals surface area contributed by atoms with Gasteiger partial charge in [-0.1, -0.05) is 6.92 Å². The molecule has 2 unspecified atom stereocenters. The molecular formula is C13H17NO. The average molecular weight is 203 g/mol. The molecule has 1 aliphatic carbocycles. The Bertz CT molecular complexity index is 373. The van der Waals surface area contributed by atoms with Crippen LogP contribution in [-0.4, -0.2) is 10.8 Å². The normalized spacial score (nSPS) is 25.5. The molecule has 1 heterocycles. The fourth-order valence-electron chi connectivity index (χ4n) is 2.39. The minimum Gasteiger partial charge on any atom is -0.294 e. The van der Waals surface area contributed by atoms with Gasteiger partial charge in [-0.05, 0) is 43.7 Å². The SMILES string of the molecule is Cc1ccncc1C(=O)C1CCC(C)C1. The van der Waals surface area contributed by atoms with Gasteiger partial charge in [-0.2, -0.15) is 0 Å². The summed E-state index contributed by atoms with van der Waals surface area (Å²) in [7, 11) is 0. The molecule has 0 radical (unpaired) electrons. The van der Waals surface area contributed by atoms with E-state index in [0.29, 0.717) is 11.7 Å². The second kappa shape index (κ2) is 4.13. The smallest absolute Gasteiger partial charge is 0.167 e. The summed E-state index contributed by atoms with van der Waals surface area (Å²) in [4.78, 5) is 16.2. The quantitative estimate of drug-likeness (QED) is 0.691. The zero-order valence-electron chi connectivity index (χ0n) is 9.36. The van der Waals surface area contributed by atoms with Crippen molar-refractivity contribution in [2.75, 3.05) is 0 Å². The van der Waals surface area contributed by atoms with Crippen LogP contribution >= 0.6 is 0 Å². The van der Waals surface area contributed by atoms with E-state index in [9.17, 15) is 4.79 Å². The molecule has 0 amide bonds. The Morgan fingerprint density at radius 2 is 2.27 bits per heavy atom. The van der Waals surface area contributed by atoms with Crippen LogP contribution in [0.2, 0.25) is 0 Å². The van der Waals surface area contributed by atoms with Crippen LogP contribution < -0.4 is 0 Å². The van der Waals surface area contributed by atoms with E-state index in [0.717, 1.165) is 24.0 Å². The number of ketones is 1. The average Bonchev–Trinajstić information content (AvgIpc) is 2.65. The molecule has 2 heteroatoms. The van der Waals surface area contributed by atoms with Crippen LogP contribution in [0.5, 0.6) is 0 Å². The second-order valence-electron chi connectivity index (χ2n) is 4.67. The summed E-state index contributed by atoms with van der Waals surface area (Å²) in [5.74, 6) is 1.24. The molecule has 1 aromatic heterocycles. The first-order valence-electron chi connectivity index (χ1n) is 5.63. The molecule has 80 valence electrons. The van der Waals surface area contributed by atoms with Crippen LogP contribution in [0.25, 0.3) is 0 Å². The van der Waals surface area contributed by atoms with Gasteiger partial charge in [0.2, 0.25) is 0 Å². The number of carbonyl (C=O) groups excluding carboxylic acids is 1. The van der Waals surface area contributed by atoms with Gasteiger partial charge < -0.3 is 0 Å². The minimum atomic E-state index is 0.239. The number of pyridine rings is 1. The number of hydrogen-bond acceptors (Lipinski definition) is 2. The van der Waals surface area contributed by atoms with Gasteiger partial charge in [0.05, 0.1) is 0 Å². The molecule has 15 heavy (non-hydrogen) atoms. The maximum Gasteiger partial charge on any atom is 0.167 e. The highest BCUT2D eigenvalue weighted by atomic mass is 16.1. The lowest BCUT2D eigenvalue weighted by Gasteiger charge is -2.09. The van der Waals surface area contributed by atoms with Crippen LogP contribution in [0.4, 0.5) is 0 Å². The predicted molar refractivity (Wildman–Crippen MR) is 59.8 cm³/mol. The van der Waals surface area contributed by atoms with Crippen molar-refractivity contribution in [3.63, 3.8) is 0 Å². The molecule has 2 nitrogen and oxygen atoms in total. The van der Waals surface area contributed by atoms with Crippen molar-refractivity contribution in [2.24, 2.45) is 11.8 Å². The number of rotatable bonds is 2. The van der Waals surface area contributed by atoms with Gasteiger partial charge in [0.1, 0.15) is 0 Å². The van der Waals surface area contributed by atoms with Gasteiger partial charge >= 0.3 is 0 Å². The van der Waals surface area contributed by atoms with E-state index in [1.807, 2.05) is 13.0 Å². The van der Waals surface area contributed by atoms with Gasteiger partial charge in [-0.3, -0.25) is 9.78 Å². The summed E-state index contributed by atoms with van der Waals surface area (Å²) in [6, 6.07) is 1.91. The number of hydrogen-bond donors (Lipinski definition) is 0. The molecule has 0 bridgehead atoms. The van der Waals surface area contributed by atoms with Crippen molar-refractivity contribution >= 4 is 5.78 Å². The van der Waals surface area contributed by atoms with Crippen molar-refractivity contribution in [3.8, 4) is 0 Å². The summed E-state index contributed by atoms with van der Waals surface area (Å²) in [5.41, 5.74) is 1.87. The lowest BCUT2D eigenvalue weighted by molar-refractivity contribution is 0.0919. The third kappa shape index (κ3) is 2.09. The summed E-state index contributed by atoms with van der Waals surface area (Å²) in [5, 5.41) is 0. The lowest BCUT2D eigenvalue weighted by atomic mass is 9.94. The molecule has 2 atom stereocenters. The van der Waals surface area contributed by atoms with E-state index in [2.05, 4.69) is 11.9 Å². The number of carbonyl (C=O) groups is 1. The summed E-state index contributed by atoms with van der Waals surface area (Å²) in [6.07, 6.45) is 6.74. The number of Topliss-reactive ketones (excluding diaryl/α,β-unsaturated/α-hetero) is 1. The Labute approximate surface area is 90.7 Å². The van der Waals surface area contributed by atoms with Gasteiger partial charge in [-0.25, -0.2) is 0 Å². The highest BCUT2D eigenvalue weighted by Gasteiger charge is 2.28. The van der Waals surface area contributed by atoms with Crippen LogP contribution in [0, 0.1) is 18.8 Å². The lowest BCUT2D eigenvalue weighted by Crippen LogP contribution is -2.13. The minimum absolute atomic E-state index is 0.239. The summed E-state index contributed by atoms with van der Waals surface area (Å²) >= 11 is 0. The first kappa shape index (κ1) is 10.3. The molecule has 0 N–H and O–H groups in total. The largest absolute Gasteiger partial charge is 0.294 e. The molecular weight excluding hydrogens is 186 g/mol. The molecule has 1 saturated carbocycles. The van der Waals surface area contributed by atoms with Crippen molar-refractivity contribution in [3.05, 3.63) is 29.6 Å². The molecule has 2 rings (SSSR count). The fraction of sp³-hybridized carbons (Fsp3) is 0.538. The van der Waals surface area contributed by atoms with Crippen molar-refractivity contribution < 1.29 is 4.79 Å². The van der Waals surface area contributed by atoms with Crippen LogP contribution in [0.15, 0.2) is 18.5 Å². The Morgan fingerprint density at radius 1 is 1.47 bits per heavy atom. The van der Waals surface area contributed by atoms with E-state index in [-0.39, 0.29) is 5.92 Å². The molecule has 0 aromatic carbocycles. The van der Waals surface area contributed by atoms with Gasteiger partial charge in [-0.15, -0.1) is 0 Å². The van der Waals surface area contributed by atoms with E-state index in [1.54, 1.807) is 12.4 Å². The van der Waals surface area contributed by atoms with Gasteiger partial charge in [0.25, 0.3) is 0 Å². The molecule has 0 spiro atoms. The zero-order chi connectivity index (χ0) is 10.8. The van der Waals surface area contributed by atoms with Crippen LogP contribution in [0.1, 0.15) is 42.1 Å². The Balaban J connectivity index is 2.18. The van der Waals surface area contributed by atoms with E-state index in [4.69, 9.17) is 0 Å².